The average Bonchev–Trinajstić information content (AvgIpc) is 3.04. The first-order valence-electron chi connectivity index (χ1n) is 8.70. The molecule has 3 aromatic heterocycles. The smallest absolute Gasteiger partial charge is 0.177 e. The molecule has 0 aliphatic heterocycles. The fraction of sp³-hybridized carbons (Fsp3) is 0.389. The fourth-order valence-corrected chi connectivity index (χ4v) is 3.65. The maximum atomic E-state index is 6.34. The van der Waals surface area contributed by atoms with Gasteiger partial charge < -0.3 is 16.8 Å². The predicted molar refractivity (Wildman–Crippen MR) is 98.8 cm³/mol. The zero-order valence-corrected chi connectivity index (χ0v) is 14.3. The molecule has 7 nitrogen and oxygen atoms in total. The van der Waals surface area contributed by atoms with Gasteiger partial charge in [0.15, 0.2) is 5.65 Å². The number of nitrogens with one attached hydrogen (secondary N) is 1. The first-order valence-corrected chi connectivity index (χ1v) is 8.70. The van der Waals surface area contributed by atoms with E-state index in [1.165, 1.54) is 0 Å². The Morgan fingerprint density at radius 2 is 1.96 bits per heavy atom. The third-order valence-corrected chi connectivity index (χ3v) is 4.95. The molecule has 7 heteroatoms. The van der Waals surface area contributed by atoms with Crippen molar-refractivity contribution in [2.24, 2.45) is 5.73 Å². The molecule has 0 aromatic carbocycles. The molecule has 0 bridgehead atoms. The summed E-state index contributed by atoms with van der Waals surface area (Å²) in [5.41, 5.74) is 16.3. The number of hydrogen-bond acceptors (Lipinski definition) is 6. The zero-order chi connectivity index (χ0) is 17.4. The van der Waals surface area contributed by atoms with E-state index in [2.05, 4.69) is 20.4 Å². The number of aromatic nitrogens is 4. The van der Waals surface area contributed by atoms with Crippen molar-refractivity contribution in [3.8, 4) is 0 Å². The lowest BCUT2D eigenvalue weighted by Crippen LogP contribution is -2.26. The highest BCUT2D eigenvalue weighted by molar-refractivity contribution is 5.80. The van der Waals surface area contributed by atoms with E-state index >= 15 is 0 Å². The Bertz CT molecular complexity index is 894. The summed E-state index contributed by atoms with van der Waals surface area (Å²) in [6.07, 6.45) is 9.38. The standard InChI is InChI=1S/C18H23N7/c1-11-6-7-21-14(10-11)23-16-15(12-2-4-13(19)5-3-12)17(20)24-25-9-8-22-18(16)25/h6-10,12-13H,2-5,19H2,1H3,(H2,20,24)(H,21,23)/t12-,13-. The molecular formula is C18H23N7. The molecule has 3 aromatic rings. The number of imidazole rings is 1. The van der Waals surface area contributed by atoms with Crippen LogP contribution in [0.2, 0.25) is 0 Å². The molecule has 0 unspecified atom stereocenters. The summed E-state index contributed by atoms with van der Waals surface area (Å²) in [5.74, 6) is 1.66. The lowest BCUT2D eigenvalue weighted by molar-refractivity contribution is 0.396. The number of anilines is 3. The number of hydrogen-bond donors (Lipinski definition) is 3. The van der Waals surface area contributed by atoms with Gasteiger partial charge in [-0.2, -0.15) is 0 Å². The SMILES string of the molecule is Cc1ccnc(Nc2c3nccn3nc(N)c2[C@H]2CC[C@H](N)CC2)c1. The van der Waals surface area contributed by atoms with Crippen molar-refractivity contribution in [3.63, 3.8) is 0 Å². The molecule has 1 aliphatic rings. The van der Waals surface area contributed by atoms with Crippen LogP contribution in [0.25, 0.3) is 5.65 Å². The monoisotopic (exact) mass is 337 g/mol. The number of fused-ring (bicyclic) bond motifs is 1. The van der Waals surface area contributed by atoms with Gasteiger partial charge in [0.2, 0.25) is 0 Å². The van der Waals surface area contributed by atoms with Crippen molar-refractivity contribution < 1.29 is 0 Å². The summed E-state index contributed by atoms with van der Waals surface area (Å²) in [7, 11) is 0. The molecule has 0 saturated heterocycles. The Hall–Kier alpha value is -2.67. The van der Waals surface area contributed by atoms with Crippen molar-refractivity contribution in [3.05, 3.63) is 41.9 Å². The molecule has 0 spiro atoms. The van der Waals surface area contributed by atoms with Crippen LogP contribution in [0, 0.1) is 6.92 Å². The lowest BCUT2D eigenvalue weighted by Gasteiger charge is -2.28. The molecule has 0 amide bonds. The van der Waals surface area contributed by atoms with Crippen LogP contribution in [0.15, 0.2) is 30.7 Å². The molecule has 5 N–H and O–H groups in total. The van der Waals surface area contributed by atoms with Crippen LogP contribution in [0.4, 0.5) is 17.3 Å². The lowest BCUT2D eigenvalue weighted by atomic mass is 9.81. The molecule has 4 rings (SSSR count). The van der Waals surface area contributed by atoms with Gasteiger partial charge in [0.1, 0.15) is 11.6 Å². The Balaban J connectivity index is 1.82. The van der Waals surface area contributed by atoms with Crippen molar-refractivity contribution in [2.45, 2.75) is 44.6 Å². The summed E-state index contributed by atoms with van der Waals surface area (Å²) >= 11 is 0. The minimum atomic E-state index is 0.287. The Morgan fingerprint density at radius 3 is 2.72 bits per heavy atom. The molecule has 130 valence electrons. The largest absolute Gasteiger partial charge is 0.382 e. The first-order chi connectivity index (χ1) is 12.1. The Labute approximate surface area is 146 Å². The Morgan fingerprint density at radius 1 is 1.16 bits per heavy atom. The van der Waals surface area contributed by atoms with Crippen molar-refractivity contribution in [2.75, 3.05) is 11.1 Å². The van der Waals surface area contributed by atoms with Gasteiger partial charge in [0.25, 0.3) is 0 Å². The maximum absolute atomic E-state index is 6.34. The summed E-state index contributed by atoms with van der Waals surface area (Å²) in [4.78, 5) is 8.90. The van der Waals surface area contributed by atoms with Crippen molar-refractivity contribution in [1.29, 1.82) is 0 Å². The average molecular weight is 337 g/mol. The van der Waals surface area contributed by atoms with Gasteiger partial charge in [0.05, 0.1) is 5.69 Å². The van der Waals surface area contributed by atoms with Crippen LogP contribution in [-0.2, 0) is 0 Å². The normalized spacial score (nSPS) is 20.7. The molecular weight excluding hydrogens is 314 g/mol. The topological polar surface area (TPSA) is 107 Å². The van der Waals surface area contributed by atoms with Gasteiger partial charge in [-0.05, 0) is 56.2 Å². The molecule has 1 saturated carbocycles. The second kappa shape index (κ2) is 6.33. The molecule has 1 fully saturated rings. The summed E-state index contributed by atoms with van der Waals surface area (Å²) in [6.45, 7) is 2.04. The minimum Gasteiger partial charge on any atom is -0.382 e. The molecule has 0 atom stereocenters. The molecule has 3 heterocycles. The third-order valence-electron chi connectivity index (χ3n) is 4.95. The van der Waals surface area contributed by atoms with Crippen LogP contribution in [0.3, 0.4) is 0 Å². The minimum absolute atomic E-state index is 0.287. The van der Waals surface area contributed by atoms with Crippen molar-refractivity contribution >= 4 is 23.0 Å². The van der Waals surface area contributed by atoms with E-state index in [9.17, 15) is 0 Å². The quantitative estimate of drug-likeness (QED) is 0.678. The summed E-state index contributed by atoms with van der Waals surface area (Å²) < 4.78 is 1.71. The number of aryl methyl sites for hydroxylation is 1. The first kappa shape index (κ1) is 15.8. The van der Waals surface area contributed by atoms with E-state index in [1.807, 2.05) is 19.1 Å². The second-order valence-electron chi connectivity index (χ2n) is 6.82. The van der Waals surface area contributed by atoms with Gasteiger partial charge in [-0.1, -0.05) is 0 Å². The van der Waals surface area contributed by atoms with E-state index in [4.69, 9.17) is 11.5 Å². The van der Waals surface area contributed by atoms with E-state index < -0.39 is 0 Å². The van der Waals surface area contributed by atoms with Crippen LogP contribution in [-0.4, -0.2) is 25.6 Å². The summed E-state index contributed by atoms with van der Waals surface area (Å²) in [5, 5.41) is 7.94. The number of pyridine rings is 1. The maximum Gasteiger partial charge on any atom is 0.177 e. The highest BCUT2D eigenvalue weighted by Gasteiger charge is 2.27. The predicted octanol–water partition coefficient (Wildman–Crippen LogP) is 2.74. The van der Waals surface area contributed by atoms with E-state index in [0.29, 0.717) is 11.7 Å². The van der Waals surface area contributed by atoms with Crippen LogP contribution in [0.1, 0.15) is 42.7 Å². The van der Waals surface area contributed by atoms with Crippen LogP contribution >= 0.6 is 0 Å². The van der Waals surface area contributed by atoms with Gasteiger partial charge >= 0.3 is 0 Å². The number of nitrogens with two attached hydrogens (primary N) is 2. The highest BCUT2D eigenvalue weighted by atomic mass is 15.3. The van der Waals surface area contributed by atoms with E-state index in [-0.39, 0.29) is 6.04 Å². The summed E-state index contributed by atoms with van der Waals surface area (Å²) in [6, 6.07) is 4.27. The highest BCUT2D eigenvalue weighted by Crippen LogP contribution is 2.40. The van der Waals surface area contributed by atoms with Crippen molar-refractivity contribution in [1.82, 2.24) is 19.6 Å². The third kappa shape index (κ3) is 3.02. The number of nitrogens with zero attached hydrogens (tertiary/aromatic N) is 4. The Kier molecular flexibility index (Phi) is 4.01. The number of rotatable bonds is 3. The molecule has 25 heavy (non-hydrogen) atoms. The fourth-order valence-electron chi connectivity index (χ4n) is 3.65. The van der Waals surface area contributed by atoms with Crippen LogP contribution in [0.5, 0.6) is 0 Å². The second-order valence-corrected chi connectivity index (χ2v) is 6.82. The van der Waals surface area contributed by atoms with Gasteiger partial charge in [0, 0.05) is 30.2 Å². The number of nitrogen functional groups attached to an aromatic ring is 1. The molecule has 0 radical (unpaired) electrons. The van der Waals surface area contributed by atoms with Crippen LogP contribution < -0.4 is 16.8 Å². The molecule has 1 aliphatic carbocycles. The van der Waals surface area contributed by atoms with E-state index in [1.54, 1.807) is 23.1 Å². The van der Waals surface area contributed by atoms with E-state index in [0.717, 1.165) is 54.0 Å². The van der Waals surface area contributed by atoms with Gasteiger partial charge in [-0.25, -0.2) is 14.5 Å². The van der Waals surface area contributed by atoms with Gasteiger partial charge in [-0.3, -0.25) is 0 Å². The zero-order valence-electron chi connectivity index (χ0n) is 14.3. The van der Waals surface area contributed by atoms with Gasteiger partial charge in [-0.15, -0.1) is 5.10 Å².